The molecule has 0 aliphatic heterocycles. The number of nitro groups is 2. The number of nitrogens with zero attached hydrogens (tertiary/aromatic N) is 2. The molecule has 0 atom stereocenters. The maximum Gasteiger partial charge on any atom is 0.324 e. The highest BCUT2D eigenvalue weighted by Gasteiger charge is 2.20. The van der Waals surface area contributed by atoms with Crippen molar-refractivity contribution >= 4 is 33.4 Å². The summed E-state index contributed by atoms with van der Waals surface area (Å²) >= 11 is 2.14. The topological polar surface area (TPSA) is 86.3 Å². The van der Waals surface area contributed by atoms with Gasteiger partial charge in [-0.25, -0.2) is 0 Å². The second-order valence-corrected chi connectivity index (χ2v) is 4.77. The number of hydrogen-bond acceptors (Lipinski definition) is 6. The Morgan fingerprint density at radius 1 is 1.06 bits per heavy atom. The molecule has 6 nitrogen and oxygen atoms in total. The summed E-state index contributed by atoms with van der Waals surface area (Å²) in [4.78, 5) is 21.2. The lowest BCUT2D eigenvalue weighted by Crippen LogP contribution is -1.85. The van der Waals surface area contributed by atoms with Crippen molar-refractivity contribution in [2.75, 3.05) is 0 Å². The Balaban J connectivity index is 2.46. The highest BCUT2D eigenvalue weighted by atomic mass is 32.1. The summed E-state index contributed by atoms with van der Waals surface area (Å²) in [5, 5.41) is 22.7. The molecule has 2 heterocycles. The second kappa shape index (κ2) is 3.99. The van der Waals surface area contributed by atoms with E-state index in [0.717, 1.165) is 11.3 Å². The lowest BCUT2D eigenvalue weighted by Gasteiger charge is -1.90. The van der Waals surface area contributed by atoms with Crippen molar-refractivity contribution in [2.45, 2.75) is 0 Å². The molecule has 0 bridgehead atoms. The molecule has 0 spiro atoms. The van der Waals surface area contributed by atoms with E-state index in [0.29, 0.717) is 9.75 Å². The molecule has 16 heavy (non-hydrogen) atoms. The van der Waals surface area contributed by atoms with Crippen LogP contribution < -0.4 is 0 Å². The van der Waals surface area contributed by atoms with Crippen LogP contribution in [-0.2, 0) is 0 Å². The molecule has 8 heteroatoms. The van der Waals surface area contributed by atoms with Crippen LogP contribution in [-0.4, -0.2) is 9.85 Å². The van der Waals surface area contributed by atoms with Gasteiger partial charge >= 0.3 is 5.00 Å². The molecule has 0 aliphatic rings. The molecular formula is C8H4N2O4S2. The van der Waals surface area contributed by atoms with Crippen LogP contribution in [0.25, 0.3) is 9.75 Å². The van der Waals surface area contributed by atoms with Gasteiger partial charge in [0.05, 0.1) is 14.7 Å². The summed E-state index contributed by atoms with van der Waals surface area (Å²) in [5.41, 5.74) is -0.0123. The standard InChI is InChI=1S/C8H4N2O4S2/c11-9(12)5-3-4-15-8(5)6-1-2-7(16-6)10(13)14/h1-4H. The molecule has 0 saturated carbocycles. The van der Waals surface area contributed by atoms with E-state index in [4.69, 9.17) is 0 Å². The lowest BCUT2D eigenvalue weighted by atomic mass is 10.3. The molecule has 82 valence electrons. The molecule has 0 amide bonds. The minimum Gasteiger partial charge on any atom is -0.258 e. The molecule has 2 aromatic rings. The van der Waals surface area contributed by atoms with E-state index in [1.165, 1.54) is 29.5 Å². The minimum absolute atomic E-state index is 0.0123. The minimum atomic E-state index is -0.506. The molecular weight excluding hydrogens is 252 g/mol. The van der Waals surface area contributed by atoms with Gasteiger partial charge in [-0.05, 0) is 11.4 Å². The average Bonchev–Trinajstić information content (AvgIpc) is 2.86. The van der Waals surface area contributed by atoms with Crippen molar-refractivity contribution < 1.29 is 9.85 Å². The molecule has 0 aromatic carbocycles. The number of hydrogen-bond donors (Lipinski definition) is 0. The van der Waals surface area contributed by atoms with Crippen molar-refractivity contribution in [3.8, 4) is 9.75 Å². The van der Waals surface area contributed by atoms with Gasteiger partial charge in [0.25, 0.3) is 5.69 Å². The fraction of sp³-hybridized carbons (Fsp3) is 0. The summed E-state index contributed by atoms with van der Waals surface area (Å²) in [6.45, 7) is 0. The second-order valence-electron chi connectivity index (χ2n) is 2.79. The zero-order chi connectivity index (χ0) is 11.7. The van der Waals surface area contributed by atoms with E-state index in [2.05, 4.69) is 0 Å². The maximum atomic E-state index is 10.7. The van der Waals surface area contributed by atoms with Crippen LogP contribution in [0, 0.1) is 20.2 Å². The molecule has 0 saturated heterocycles. The lowest BCUT2D eigenvalue weighted by molar-refractivity contribution is -0.383. The zero-order valence-electron chi connectivity index (χ0n) is 7.65. The van der Waals surface area contributed by atoms with Gasteiger partial charge in [-0.1, -0.05) is 11.3 Å². The molecule has 0 N–H and O–H groups in total. The van der Waals surface area contributed by atoms with Crippen molar-refractivity contribution in [2.24, 2.45) is 0 Å². The van der Waals surface area contributed by atoms with Crippen molar-refractivity contribution in [1.29, 1.82) is 0 Å². The van der Waals surface area contributed by atoms with E-state index < -0.39 is 9.85 Å². The summed E-state index contributed by atoms with van der Waals surface area (Å²) in [7, 11) is 0. The molecule has 2 rings (SSSR count). The first-order valence-corrected chi connectivity index (χ1v) is 5.75. The first-order chi connectivity index (χ1) is 7.59. The first-order valence-electron chi connectivity index (χ1n) is 4.06. The van der Waals surface area contributed by atoms with E-state index in [-0.39, 0.29) is 10.7 Å². The fourth-order valence-electron chi connectivity index (χ4n) is 1.18. The van der Waals surface area contributed by atoms with Gasteiger partial charge in [-0.2, -0.15) is 0 Å². The maximum absolute atomic E-state index is 10.7. The summed E-state index contributed by atoms with van der Waals surface area (Å²) in [6.07, 6.45) is 0. The Morgan fingerprint density at radius 3 is 2.38 bits per heavy atom. The van der Waals surface area contributed by atoms with Crippen molar-refractivity contribution in [3.05, 3.63) is 43.8 Å². The van der Waals surface area contributed by atoms with Gasteiger partial charge < -0.3 is 0 Å². The van der Waals surface area contributed by atoms with Crippen LogP contribution in [0.3, 0.4) is 0 Å². The Kier molecular flexibility index (Phi) is 2.67. The predicted octanol–water partition coefficient (Wildman–Crippen LogP) is 3.29. The van der Waals surface area contributed by atoms with Crippen LogP contribution in [0.4, 0.5) is 10.7 Å². The van der Waals surface area contributed by atoms with Gasteiger partial charge in [0.1, 0.15) is 4.88 Å². The van der Waals surface area contributed by atoms with E-state index in [1.807, 2.05) is 0 Å². The first kappa shape index (κ1) is 10.7. The summed E-state index contributed by atoms with van der Waals surface area (Å²) in [6, 6.07) is 4.27. The van der Waals surface area contributed by atoms with Gasteiger partial charge in [0.2, 0.25) is 0 Å². The Labute approximate surface area is 97.1 Å². The van der Waals surface area contributed by atoms with Gasteiger partial charge in [-0.15, -0.1) is 11.3 Å². The molecule has 2 aromatic heterocycles. The number of rotatable bonds is 3. The van der Waals surface area contributed by atoms with Crippen molar-refractivity contribution in [3.63, 3.8) is 0 Å². The van der Waals surface area contributed by atoms with Crippen LogP contribution in [0.2, 0.25) is 0 Å². The quantitative estimate of drug-likeness (QED) is 0.622. The van der Waals surface area contributed by atoms with Crippen LogP contribution in [0.1, 0.15) is 0 Å². The highest BCUT2D eigenvalue weighted by molar-refractivity contribution is 7.23. The Morgan fingerprint density at radius 2 is 1.81 bits per heavy atom. The summed E-state index contributed by atoms with van der Waals surface area (Å²) < 4.78 is 0. The largest absolute Gasteiger partial charge is 0.324 e. The highest BCUT2D eigenvalue weighted by Crippen LogP contribution is 2.40. The zero-order valence-corrected chi connectivity index (χ0v) is 9.29. The van der Waals surface area contributed by atoms with Gasteiger partial charge in [-0.3, -0.25) is 20.2 Å². The smallest absolute Gasteiger partial charge is 0.258 e. The van der Waals surface area contributed by atoms with Crippen molar-refractivity contribution in [1.82, 2.24) is 0 Å². The van der Waals surface area contributed by atoms with Crippen LogP contribution >= 0.6 is 22.7 Å². The van der Waals surface area contributed by atoms with Crippen LogP contribution in [0.5, 0.6) is 0 Å². The van der Waals surface area contributed by atoms with E-state index in [1.54, 1.807) is 5.38 Å². The molecule has 0 radical (unpaired) electrons. The van der Waals surface area contributed by atoms with E-state index in [9.17, 15) is 20.2 Å². The third-order valence-corrected chi connectivity index (χ3v) is 3.96. The van der Waals surface area contributed by atoms with Gasteiger partial charge in [0, 0.05) is 12.1 Å². The molecule has 0 unspecified atom stereocenters. The average molecular weight is 256 g/mol. The molecule has 0 fully saturated rings. The van der Waals surface area contributed by atoms with E-state index >= 15 is 0 Å². The van der Waals surface area contributed by atoms with Gasteiger partial charge in [0.15, 0.2) is 0 Å². The molecule has 0 aliphatic carbocycles. The van der Waals surface area contributed by atoms with Crippen LogP contribution in [0.15, 0.2) is 23.6 Å². The third kappa shape index (κ3) is 1.79. The Hall–Kier alpha value is -1.80. The predicted molar refractivity (Wildman–Crippen MR) is 60.9 cm³/mol. The normalized spacial score (nSPS) is 10.2. The fourth-order valence-corrected chi connectivity index (χ4v) is 3.00. The summed E-state index contributed by atoms with van der Waals surface area (Å²) in [5.74, 6) is 0. The third-order valence-electron chi connectivity index (χ3n) is 1.84. The number of thiophene rings is 2. The Bertz CT molecular complexity index is 560. The SMILES string of the molecule is O=[N+]([O-])c1ccc(-c2sccc2[N+](=O)[O-])s1. The monoisotopic (exact) mass is 256 g/mol.